The molecule has 0 aliphatic heterocycles. The lowest BCUT2D eigenvalue weighted by molar-refractivity contribution is -0.120. The smallest absolute Gasteiger partial charge is 0.227 e. The number of carbonyl (C=O) groups excluding carboxylic acids is 1. The molecule has 1 aliphatic carbocycles. The number of sulfone groups is 1. The molecule has 1 aliphatic rings. The Labute approximate surface area is 144 Å². The molecule has 0 heterocycles. The fourth-order valence-electron chi connectivity index (χ4n) is 3.02. The van der Waals surface area contributed by atoms with Crippen molar-refractivity contribution in [3.05, 3.63) is 29.8 Å². The van der Waals surface area contributed by atoms with Crippen LogP contribution in [0.3, 0.4) is 0 Å². The van der Waals surface area contributed by atoms with Gasteiger partial charge in [0.25, 0.3) is 0 Å². The molecule has 0 aromatic heterocycles. The van der Waals surface area contributed by atoms with Crippen LogP contribution in [0.15, 0.2) is 24.3 Å². The summed E-state index contributed by atoms with van der Waals surface area (Å²) in [4.78, 5) is 12.4. The zero-order valence-corrected chi connectivity index (χ0v) is 15.5. The van der Waals surface area contributed by atoms with E-state index in [0.717, 1.165) is 24.8 Å². The third kappa shape index (κ3) is 4.36. The van der Waals surface area contributed by atoms with Crippen LogP contribution in [0.4, 0.5) is 5.69 Å². The Hall–Kier alpha value is -1.40. The molecule has 0 unspecified atom stereocenters. The Morgan fingerprint density at radius 3 is 2.38 bits per heavy atom. The highest BCUT2D eigenvalue weighted by Crippen LogP contribution is 2.32. The molecule has 0 saturated heterocycles. The lowest BCUT2D eigenvalue weighted by atomic mass is 9.95. The molecule has 6 heteroatoms. The molecule has 1 aromatic rings. The predicted molar refractivity (Wildman–Crippen MR) is 97.3 cm³/mol. The van der Waals surface area contributed by atoms with Gasteiger partial charge < -0.3 is 11.1 Å². The molecule has 2 rings (SSSR count). The van der Waals surface area contributed by atoms with E-state index < -0.39 is 14.6 Å². The van der Waals surface area contributed by atoms with E-state index >= 15 is 0 Å². The quantitative estimate of drug-likeness (QED) is 0.852. The predicted octanol–water partition coefficient (Wildman–Crippen LogP) is 2.71. The van der Waals surface area contributed by atoms with E-state index in [4.69, 9.17) is 5.73 Å². The lowest BCUT2D eigenvalue weighted by Gasteiger charge is -2.19. The maximum atomic E-state index is 12.4. The molecule has 24 heavy (non-hydrogen) atoms. The van der Waals surface area contributed by atoms with E-state index in [2.05, 4.69) is 5.32 Å². The van der Waals surface area contributed by atoms with Gasteiger partial charge in [-0.25, -0.2) is 8.42 Å². The van der Waals surface area contributed by atoms with Crippen molar-refractivity contribution in [2.45, 2.75) is 50.5 Å². The van der Waals surface area contributed by atoms with Gasteiger partial charge in [0.15, 0.2) is 9.84 Å². The number of nitrogens with one attached hydrogen (secondary N) is 1. The molecule has 134 valence electrons. The highest BCUT2D eigenvalue weighted by Gasteiger charge is 2.32. The molecule has 5 nitrogen and oxygen atoms in total. The van der Waals surface area contributed by atoms with E-state index in [1.54, 1.807) is 45.0 Å². The second-order valence-electron chi connectivity index (χ2n) is 7.59. The summed E-state index contributed by atoms with van der Waals surface area (Å²) in [6, 6.07) is 7.04. The molecule has 0 radical (unpaired) electrons. The van der Waals surface area contributed by atoms with Crippen LogP contribution in [0.2, 0.25) is 0 Å². The van der Waals surface area contributed by atoms with Gasteiger partial charge in [-0.1, -0.05) is 18.6 Å². The monoisotopic (exact) mass is 352 g/mol. The van der Waals surface area contributed by atoms with Gasteiger partial charge in [-0.05, 0) is 63.8 Å². The van der Waals surface area contributed by atoms with Gasteiger partial charge in [0.1, 0.15) is 0 Å². The first-order valence-electron chi connectivity index (χ1n) is 8.46. The maximum Gasteiger partial charge on any atom is 0.227 e. The Balaban J connectivity index is 2.01. The van der Waals surface area contributed by atoms with Gasteiger partial charge in [0.2, 0.25) is 5.91 Å². The van der Waals surface area contributed by atoms with Crippen LogP contribution in [-0.4, -0.2) is 25.6 Å². The fourth-order valence-corrected chi connectivity index (χ4v) is 4.08. The van der Waals surface area contributed by atoms with Crippen LogP contribution in [0.5, 0.6) is 0 Å². The van der Waals surface area contributed by atoms with E-state index in [-0.39, 0.29) is 23.5 Å². The van der Waals surface area contributed by atoms with Crippen molar-refractivity contribution >= 4 is 21.4 Å². The fraction of sp³-hybridized carbons (Fsp3) is 0.611. The standard InChI is InChI=1S/C18H28N2O3S/c1-18(2,3)24(22,23)12-13-7-9-15(10-8-13)20-17(21)16-6-4-5-14(16)11-19/h7-10,14,16H,4-6,11-12,19H2,1-3H3,(H,20,21)/t14-,16-/m1/s1. The SMILES string of the molecule is CC(C)(C)S(=O)(=O)Cc1ccc(NC(=O)[C@@H]2CCC[C@@H]2CN)cc1. The Kier molecular flexibility index (Phi) is 5.71. The summed E-state index contributed by atoms with van der Waals surface area (Å²) in [6.07, 6.45) is 2.94. The van der Waals surface area contributed by atoms with Crippen molar-refractivity contribution in [3.8, 4) is 0 Å². The second-order valence-corrected chi connectivity index (χ2v) is 10.3. The largest absolute Gasteiger partial charge is 0.330 e. The molecule has 1 amide bonds. The zero-order valence-electron chi connectivity index (χ0n) is 14.7. The summed E-state index contributed by atoms with van der Waals surface area (Å²) < 4.78 is 23.7. The summed E-state index contributed by atoms with van der Waals surface area (Å²) >= 11 is 0. The maximum absolute atomic E-state index is 12.4. The van der Waals surface area contributed by atoms with Gasteiger partial charge in [-0.15, -0.1) is 0 Å². The third-order valence-corrected chi connectivity index (χ3v) is 7.39. The molecule has 0 spiro atoms. The summed E-state index contributed by atoms with van der Waals surface area (Å²) in [5.74, 6) is 0.262. The molecular weight excluding hydrogens is 324 g/mol. The summed E-state index contributed by atoms with van der Waals surface area (Å²) in [5.41, 5.74) is 7.15. The second kappa shape index (κ2) is 7.23. The molecule has 1 fully saturated rings. The minimum atomic E-state index is -3.21. The highest BCUT2D eigenvalue weighted by molar-refractivity contribution is 7.91. The average molecular weight is 353 g/mol. The molecule has 3 N–H and O–H groups in total. The first kappa shape index (κ1) is 18.9. The van der Waals surface area contributed by atoms with Crippen LogP contribution in [-0.2, 0) is 20.4 Å². The molecular formula is C18H28N2O3S. The van der Waals surface area contributed by atoms with Crippen molar-refractivity contribution in [3.63, 3.8) is 0 Å². The lowest BCUT2D eigenvalue weighted by Crippen LogP contribution is -2.30. The van der Waals surface area contributed by atoms with Crippen molar-refractivity contribution in [1.82, 2.24) is 0 Å². The van der Waals surface area contributed by atoms with Crippen LogP contribution in [0.1, 0.15) is 45.6 Å². The summed E-state index contributed by atoms with van der Waals surface area (Å²) in [7, 11) is -3.21. The number of anilines is 1. The zero-order chi connectivity index (χ0) is 18.0. The average Bonchev–Trinajstić information content (AvgIpc) is 2.96. The van der Waals surface area contributed by atoms with Crippen LogP contribution in [0, 0.1) is 11.8 Å². The number of amides is 1. The van der Waals surface area contributed by atoms with Gasteiger partial charge in [0.05, 0.1) is 10.5 Å². The number of nitrogens with two attached hydrogens (primary N) is 1. The van der Waals surface area contributed by atoms with Crippen LogP contribution in [0.25, 0.3) is 0 Å². The van der Waals surface area contributed by atoms with Crippen LogP contribution < -0.4 is 11.1 Å². The number of carbonyl (C=O) groups is 1. The van der Waals surface area contributed by atoms with Gasteiger partial charge >= 0.3 is 0 Å². The van der Waals surface area contributed by atoms with Crippen molar-refractivity contribution < 1.29 is 13.2 Å². The minimum absolute atomic E-state index is 0.00258. The molecule has 2 atom stereocenters. The number of hydrogen-bond donors (Lipinski definition) is 2. The van der Waals surface area contributed by atoms with Crippen molar-refractivity contribution in [2.75, 3.05) is 11.9 Å². The van der Waals surface area contributed by atoms with Gasteiger partial charge in [-0.3, -0.25) is 4.79 Å². The number of rotatable bonds is 5. The summed E-state index contributed by atoms with van der Waals surface area (Å²) in [6.45, 7) is 5.65. The van der Waals surface area contributed by atoms with E-state index in [9.17, 15) is 13.2 Å². The molecule has 1 aromatic carbocycles. The molecule has 0 bridgehead atoms. The first-order valence-corrected chi connectivity index (χ1v) is 10.1. The Bertz CT molecular complexity index is 675. The minimum Gasteiger partial charge on any atom is -0.330 e. The van der Waals surface area contributed by atoms with E-state index in [0.29, 0.717) is 12.2 Å². The van der Waals surface area contributed by atoms with Crippen LogP contribution >= 0.6 is 0 Å². The van der Waals surface area contributed by atoms with Gasteiger partial charge in [0, 0.05) is 11.6 Å². The van der Waals surface area contributed by atoms with E-state index in [1.165, 1.54) is 0 Å². The van der Waals surface area contributed by atoms with Crippen molar-refractivity contribution in [2.24, 2.45) is 17.6 Å². The first-order chi connectivity index (χ1) is 11.1. The third-order valence-electron chi connectivity index (χ3n) is 4.81. The number of hydrogen-bond acceptors (Lipinski definition) is 4. The van der Waals surface area contributed by atoms with Gasteiger partial charge in [-0.2, -0.15) is 0 Å². The highest BCUT2D eigenvalue weighted by atomic mass is 32.2. The number of benzene rings is 1. The molecule has 1 saturated carbocycles. The Morgan fingerprint density at radius 2 is 1.83 bits per heavy atom. The van der Waals surface area contributed by atoms with E-state index in [1.807, 2.05) is 0 Å². The normalized spacial score (nSPS) is 21.7. The van der Waals surface area contributed by atoms with Crippen molar-refractivity contribution in [1.29, 1.82) is 0 Å². The topological polar surface area (TPSA) is 89.3 Å². The Morgan fingerprint density at radius 1 is 1.21 bits per heavy atom. The summed E-state index contributed by atoms with van der Waals surface area (Å²) in [5, 5.41) is 2.92.